The van der Waals surface area contributed by atoms with Crippen LogP contribution in [0.3, 0.4) is 0 Å². The minimum atomic E-state index is -2.51. The molecule has 0 bridgehead atoms. The van der Waals surface area contributed by atoms with E-state index in [0.717, 1.165) is 36.0 Å². The molecule has 1 aromatic carbocycles. The SMILES string of the molecule is CCCCCCC[C@H](SCCCCCOc1ccc(Cl)cc1)[C@@H](C)OCCCO[P](=O)O. The van der Waals surface area contributed by atoms with E-state index in [1.807, 2.05) is 36.0 Å². The van der Waals surface area contributed by atoms with Crippen LogP contribution < -0.4 is 4.74 Å². The van der Waals surface area contributed by atoms with Crippen molar-refractivity contribution in [3.63, 3.8) is 0 Å². The first-order chi connectivity index (χ1) is 15.5. The first kappa shape index (κ1) is 29.7. The molecule has 1 rings (SSSR count). The maximum absolute atomic E-state index is 10.6. The van der Waals surface area contributed by atoms with E-state index in [1.165, 1.54) is 44.9 Å². The second-order valence-corrected chi connectivity index (χ2v) is 10.5. The molecule has 1 N–H and O–H groups in total. The molecule has 0 aliphatic rings. The second kappa shape index (κ2) is 20.1. The summed E-state index contributed by atoms with van der Waals surface area (Å²) in [6, 6.07) is 7.50. The molecule has 0 saturated carbocycles. The predicted octanol–water partition coefficient (Wildman–Crippen LogP) is 7.81. The largest absolute Gasteiger partial charge is 0.494 e. The Labute approximate surface area is 204 Å². The Morgan fingerprint density at radius 2 is 1.69 bits per heavy atom. The van der Waals surface area contributed by atoms with Crippen LogP contribution in [0.25, 0.3) is 0 Å². The van der Waals surface area contributed by atoms with Crippen LogP contribution in [-0.2, 0) is 13.8 Å². The van der Waals surface area contributed by atoms with Gasteiger partial charge in [0.05, 0.1) is 19.3 Å². The van der Waals surface area contributed by atoms with Gasteiger partial charge in [-0.3, -0.25) is 9.42 Å². The Hall–Kier alpha value is -0.360. The molecular formula is C24H41ClO5PS. The van der Waals surface area contributed by atoms with E-state index in [0.29, 0.717) is 18.3 Å². The smallest absolute Gasteiger partial charge is 0.366 e. The molecule has 8 heteroatoms. The van der Waals surface area contributed by atoms with Crippen molar-refractivity contribution in [2.24, 2.45) is 0 Å². The van der Waals surface area contributed by atoms with E-state index >= 15 is 0 Å². The highest BCUT2D eigenvalue weighted by Crippen LogP contribution is 2.25. The number of halogens is 1. The van der Waals surface area contributed by atoms with Gasteiger partial charge in [-0.05, 0) is 69.0 Å². The summed E-state index contributed by atoms with van der Waals surface area (Å²) < 4.78 is 27.0. The lowest BCUT2D eigenvalue weighted by atomic mass is 10.1. The van der Waals surface area contributed by atoms with Gasteiger partial charge < -0.3 is 9.47 Å². The monoisotopic (exact) mass is 507 g/mol. The summed E-state index contributed by atoms with van der Waals surface area (Å²) in [5.74, 6) is 2.00. The summed E-state index contributed by atoms with van der Waals surface area (Å²) in [7, 11) is -2.51. The van der Waals surface area contributed by atoms with Crippen LogP contribution in [0, 0.1) is 0 Å². The zero-order valence-electron chi connectivity index (χ0n) is 19.7. The fraction of sp³-hybridized carbons (Fsp3) is 0.750. The Bertz CT molecular complexity index is 590. The lowest BCUT2D eigenvalue weighted by Crippen LogP contribution is -2.24. The third-order valence-electron chi connectivity index (χ3n) is 5.19. The Morgan fingerprint density at radius 1 is 0.969 bits per heavy atom. The van der Waals surface area contributed by atoms with E-state index in [-0.39, 0.29) is 12.7 Å². The van der Waals surface area contributed by atoms with E-state index in [1.54, 1.807) is 0 Å². The predicted molar refractivity (Wildman–Crippen MR) is 136 cm³/mol. The van der Waals surface area contributed by atoms with Crippen LogP contribution in [-0.4, -0.2) is 41.8 Å². The van der Waals surface area contributed by atoms with Crippen LogP contribution in [0.15, 0.2) is 24.3 Å². The van der Waals surface area contributed by atoms with Gasteiger partial charge in [-0.2, -0.15) is 11.8 Å². The van der Waals surface area contributed by atoms with E-state index in [4.69, 9.17) is 30.5 Å². The van der Waals surface area contributed by atoms with Crippen LogP contribution in [0.1, 0.15) is 78.1 Å². The molecule has 1 aromatic rings. The molecule has 0 saturated heterocycles. The van der Waals surface area contributed by atoms with Gasteiger partial charge in [0.1, 0.15) is 5.75 Å². The summed E-state index contributed by atoms with van der Waals surface area (Å²) in [4.78, 5) is 8.68. The Balaban J connectivity index is 2.22. The van der Waals surface area contributed by atoms with Crippen molar-refractivity contribution in [2.45, 2.75) is 89.4 Å². The average Bonchev–Trinajstić information content (AvgIpc) is 2.77. The Kier molecular flexibility index (Phi) is 18.6. The van der Waals surface area contributed by atoms with Gasteiger partial charge in [0, 0.05) is 16.9 Å². The number of benzene rings is 1. The maximum atomic E-state index is 10.6. The van der Waals surface area contributed by atoms with Gasteiger partial charge in [0.25, 0.3) is 0 Å². The molecule has 0 amide bonds. The highest BCUT2D eigenvalue weighted by atomic mass is 35.5. The van der Waals surface area contributed by atoms with Crippen molar-refractivity contribution in [3.8, 4) is 5.75 Å². The summed E-state index contributed by atoms with van der Waals surface area (Å²) in [5.41, 5.74) is 0. The molecule has 0 spiro atoms. The molecular weight excluding hydrogens is 467 g/mol. The van der Waals surface area contributed by atoms with E-state index in [2.05, 4.69) is 13.8 Å². The summed E-state index contributed by atoms with van der Waals surface area (Å²) in [6.45, 7) is 5.93. The highest BCUT2D eigenvalue weighted by Gasteiger charge is 2.18. The lowest BCUT2D eigenvalue weighted by molar-refractivity contribution is 0.0543. The lowest BCUT2D eigenvalue weighted by Gasteiger charge is -2.24. The van der Waals surface area contributed by atoms with Crippen molar-refractivity contribution >= 4 is 31.6 Å². The van der Waals surface area contributed by atoms with Crippen LogP contribution in [0.5, 0.6) is 5.75 Å². The molecule has 0 heterocycles. The second-order valence-electron chi connectivity index (χ2n) is 7.98. The van der Waals surface area contributed by atoms with E-state index in [9.17, 15) is 4.57 Å². The van der Waals surface area contributed by atoms with Crippen LogP contribution in [0.2, 0.25) is 5.02 Å². The molecule has 32 heavy (non-hydrogen) atoms. The fourth-order valence-corrected chi connectivity index (χ4v) is 5.08. The van der Waals surface area contributed by atoms with Crippen molar-refractivity contribution in [3.05, 3.63) is 29.3 Å². The number of ether oxygens (including phenoxy) is 2. The molecule has 185 valence electrons. The first-order valence-corrected chi connectivity index (χ1v) is 14.5. The van der Waals surface area contributed by atoms with Crippen molar-refractivity contribution in [2.75, 3.05) is 25.6 Å². The molecule has 0 aliphatic carbocycles. The molecule has 0 aliphatic heterocycles. The van der Waals surface area contributed by atoms with Crippen molar-refractivity contribution in [1.29, 1.82) is 0 Å². The molecule has 3 atom stereocenters. The fourth-order valence-electron chi connectivity index (χ4n) is 3.32. The molecule has 1 unspecified atom stereocenters. The van der Waals surface area contributed by atoms with Crippen molar-refractivity contribution in [1.82, 2.24) is 0 Å². The standard InChI is InChI=1S/C24H41ClO5PS/c1-3-4-5-6-8-12-24(21(2)28-18-11-19-30-31(26)27)32-20-10-7-9-17-29-23-15-13-22(25)14-16-23/h13-16,21,24H,3-12,17-20H2,1-2H3,(H,26,27)/t21-,24+/m1/s1. The minimum absolute atomic E-state index is 0.169. The van der Waals surface area contributed by atoms with Gasteiger partial charge in [-0.1, -0.05) is 50.6 Å². The molecule has 0 aromatic heterocycles. The van der Waals surface area contributed by atoms with Crippen molar-refractivity contribution < 1.29 is 23.5 Å². The highest BCUT2D eigenvalue weighted by molar-refractivity contribution is 7.99. The third-order valence-corrected chi connectivity index (χ3v) is 7.42. The number of hydrogen-bond donors (Lipinski definition) is 1. The normalized spacial score (nSPS) is 13.7. The minimum Gasteiger partial charge on any atom is -0.494 e. The zero-order valence-corrected chi connectivity index (χ0v) is 22.1. The topological polar surface area (TPSA) is 65.0 Å². The molecule has 1 radical (unpaired) electrons. The van der Waals surface area contributed by atoms with Gasteiger partial charge in [-0.25, -0.2) is 4.57 Å². The average molecular weight is 508 g/mol. The van der Waals surface area contributed by atoms with Gasteiger partial charge in [0.2, 0.25) is 0 Å². The molecule has 5 nitrogen and oxygen atoms in total. The van der Waals surface area contributed by atoms with Gasteiger partial charge in [-0.15, -0.1) is 0 Å². The Morgan fingerprint density at radius 3 is 2.41 bits per heavy atom. The summed E-state index contributed by atoms with van der Waals surface area (Å²) in [6.07, 6.45) is 11.8. The van der Waals surface area contributed by atoms with Gasteiger partial charge >= 0.3 is 8.25 Å². The number of unbranched alkanes of at least 4 members (excludes halogenated alkanes) is 6. The quantitative estimate of drug-likeness (QED) is 0.135. The summed E-state index contributed by atoms with van der Waals surface area (Å²) in [5, 5.41) is 1.21. The van der Waals surface area contributed by atoms with Crippen LogP contribution in [0.4, 0.5) is 0 Å². The van der Waals surface area contributed by atoms with Gasteiger partial charge in [0.15, 0.2) is 0 Å². The molecule has 0 fully saturated rings. The number of hydrogen-bond acceptors (Lipinski definition) is 5. The third kappa shape index (κ3) is 16.3. The summed E-state index contributed by atoms with van der Waals surface area (Å²) >= 11 is 7.91. The first-order valence-electron chi connectivity index (χ1n) is 11.9. The van der Waals surface area contributed by atoms with E-state index < -0.39 is 8.25 Å². The zero-order chi connectivity index (χ0) is 23.4. The number of rotatable bonds is 21. The van der Waals surface area contributed by atoms with Crippen LogP contribution >= 0.6 is 31.6 Å². The number of thioether (sulfide) groups is 1. The maximum Gasteiger partial charge on any atom is 0.366 e.